The number of benzene rings is 1. The van der Waals surface area contributed by atoms with Crippen LogP contribution in [0.25, 0.3) is 17.3 Å². The summed E-state index contributed by atoms with van der Waals surface area (Å²) in [7, 11) is 3.06. The van der Waals surface area contributed by atoms with E-state index in [1.165, 1.54) is 18.4 Å². The molecule has 0 saturated carbocycles. The molecule has 0 fully saturated rings. The van der Waals surface area contributed by atoms with Gasteiger partial charge in [0, 0.05) is 36.7 Å². The fourth-order valence-electron chi connectivity index (χ4n) is 5.50. The first-order valence-electron chi connectivity index (χ1n) is 16.2. The average molecular weight is 648 g/mol. The number of aromatic nitrogens is 1. The Labute approximate surface area is 278 Å². The summed E-state index contributed by atoms with van der Waals surface area (Å²) in [5, 5.41) is 12.7. The Morgan fingerprint density at radius 3 is 2.07 bits per heavy atom. The van der Waals surface area contributed by atoms with Gasteiger partial charge in [0.2, 0.25) is 5.91 Å². The van der Waals surface area contributed by atoms with Crippen molar-refractivity contribution in [2.75, 3.05) is 32.1 Å². The monoisotopic (exact) mass is 647 g/mol. The smallest absolute Gasteiger partial charge is 0.290 e. The Kier molecular flexibility index (Phi) is 12.3. The van der Waals surface area contributed by atoms with Crippen LogP contribution >= 0.6 is 11.3 Å². The number of thiazole rings is 1. The van der Waals surface area contributed by atoms with Gasteiger partial charge in [-0.25, -0.2) is 9.99 Å². The summed E-state index contributed by atoms with van der Waals surface area (Å²) in [6.45, 7) is 17.0. The van der Waals surface area contributed by atoms with Crippen molar-refractivity contribution in [1.29, 1.82) is 5.26 Å². The number of hydrazine groups is 1. The van der Waals surface area contributed by atoms with E-state index in [1.807, 2.05) is 18.2 Å². The number of carbonyl (C=O) groups is 3. The van der Waals surface area contributed by atoms with Crippen molar-refractivity contribution in [2.24, 2.45) is 5.41 Å². The van der Waals surface area contributed by atoms with Gasteiger partial charge in [0.25, 0.3) is 11.8 Å². The molecule has 0 atom stereocenters. The first kappa shape index (κ1) is 36.5. The SMILES string of the molecule is CCCCN(CCCC)c1nc(-c2c(CC)cc(OC)cc2CC)c(/C=C2\C(=O)N(N(C)C(=O)C(C)(C)C)C(=O)C(C#N)=C2C)s1. The Bertz CT molecular complexity index is 1540. The molecule has 10 heteroatoms. The van der Waals surface area contributed by atoms with Crippen LogP contribution < -0.4 is 9.64 Å². The van der Waals surface area contributed by atoms with Crippen molar-refractivity contribution in [3.05, 3.63) is 44.9 Å². The molecule has 1 aromatic carbocycles. The van der Waals surface area contributed by atoms with Gasteiger partial charge in [-0.3, -0.25) is 14.4 Å². The Hall–Kier alpha value is -3.97. The normalized spacial score (nSPS) is 14.6. The van der Waals surface area contributed by atoms with Gasteiger partial charge >= 0.3 is 0 Å². The zero-order valence-corrected chi connectivity index (χ0v) is 30.0. The zero-order chi connectivity index (χ0) is 34.3. The van der Waals surface area contributed by atoms with Crippen molar-refractivity contribution in [1.82, 2.24) is 15.0 Å². The Balaban J connectivity index is 2.37. The van der Waals surface area contributed by atoms with E-state index in [-0.39, 0.29) is 16.7 Å². The number of imide groups is 1. The molecule has 0 radical (unpaired) electrons. The lowest BCUT2D eigenvalue weighted by atomic mass is 9.92. The molecule has 9 nitrogen and oxygen atoms in total. The van der Waals surface area contributed by atoms with Crippen LogP contribution in [0.1, 0.15) is 97.1 Å². The Morgan fingerprint density at radius 1 is 1.04 bits per heavy atom. The topological polar surface area (TPSA) is 107 Å². The number of unbranched alkanes of at least 4 members (excludes halogenated alkanes) is 2. The summed E-state index contributed by atoms with van der Waals surface area (Å²) in [6.07, 6.45) is 7.39. The summed E-state index contributed by atoms with van der Waals surface area (Å²) >= 11 is 1.50. The molecule has 0 unspecified atom stereocenters. The van der Waals surface area contributed by atoms with Gasteiger partial charge < -0.3 is 9.64 Å². The van der Waals surface area contributed by atoms with Crippen molar-refractivity contribution in [2.45, 2.75) is 93.9 Å². The van der Waals surface area contributed by atoms with E-state index in [4.69, 9.17) is 9.72 Å². The summed E-state index contributed by atoms with van der Waals surface area (Å²) in [5.41, 5.74) is 3.34. The first-order chi connectivity index (χ1) is 21.8. The number of hydrogen-bond donors (Lipinski definition) is 0. The van der Waals surface area contributed by atoms with Gasteiger partial charge in [0.1, 0.15) is 17.4 Å². The van der Waals surface area contributed by atoms with Gasteiger partial charge in [0.15, 0.2) is 5.13 Å². The van der Waals surface area contributed by atoms with E-state index in [2.05, 4.69) is 32.6 Å². The van der Waals surface area contributed by atoms with Gasteiger partial charge in [-0.15, -0.1) is 0 Å². The highest BCUT2D eigenvalue weighted by atomic mass is 32.1. The number of nitriles is 1. The molecule has 0 bridgehead atoms. The average Bonchev–Trinajstić information content (AvgIpc) is 3.44. The number of amides is 3. The van der Waals surface area contributed by atoms with Crippen LogP contribution in [0.3, 0.4) is 0 Å². The van der Waals surface area contributed by atoms with Crippen LogP contribution in [0.5, 0.6) is 5.75 Å². The fraction of sp³-hybridized carbons (Fsp3) is 0.528. The molecule has 0 spiro atoms. The molecule has 0 N–H and O–H groups in total. The number of rotatable bonds is 13. The maximum atomic E-state index is 14.1. The van der Waals surface area contributed by atoms with Crippen molar-refractivity contribution in [3.63, 3.8) is 0 Å². The van der Waals surface area contributed by atoms with E-state index >= 15 is 0 Å². The highest BCUT2D eigenvalue weighted by Crippen LogP contribution is 2.41. The zero-order valence-electron chi connectivity index (χ0n) is 29.2. The minimum atomic E-state index is -0.857. The molecule has 248 valence electrons. The number of aryl methyl sites for hydroxylation is 2. The number of methoxy groups -OCH3 is 1. The maximum Gasteiger partial charge on any atom is 0.290 e. The van der Waals surface area contributed by atoms with E-state index < -0.39 is 23.1 Å². The second kappa shape index (κ2) is 15.5. The lowest BCUT2D eigenvalue weighted by molar-refractivity contribution is -0.171. The van der Waals surface area contributed by atoms with Gasteiger partial charge in [-0.2, -0.15) is 10.3 Å². The second-order valence-electron chi connectivity index (χ2n) is 12.6. The molecule has 2 aromatic rings. The molecule has 0 aliphatic carbocycles. The molecule has 1 aromatic heterocycles. The fourth-order valence-corrected chi connectivity index (χ4v) is 6.56. The largest absolute Gasteiger partial charge is 0.497 e. The number of hydrogen-bond acceptors (Lipinski definition) is 8. The van der Waals surface area contributed by atoms with E-state index in [1.54, 1.807) is 40.9 Å². The molecule has 1 aliphatic heterocycles. The van der Waals surface area contributed by atoms with Crippen LogP contribution in [-0.2, 0) is 27.2 Å². The third kappa shape index (κ3) is 7.52. The minimum absolute atomic E-state index is 0.175. The third-order valence-corrected chi connectivity index (χ3v) is 9.28. The van der Waals surface area contributed by atoms with Crippen molar-refractivity contribution >= 4 is 40.3 Å². The molecule has 0 saturated heterocycles. The van der Waals surface area contributed by atoms with Crippen molar-refractivity contribution < 1.29 is 19.1 Å². The summed E-state index contributed by atoms with van der Waals surface area (Å²) in [5.74, 6) is -1.11. The van der Waals surface area contributed by atoms with Crippen LogP contribution in [0.2, 0.25) is 0 Å². The minimum Gasteiger partial charge on any atom is -0.497 e. The molecule has 3 amide bonds. The van der Waals surface area contributed by atoms with E-state index in [9.17, 15) is 19.6 Å². The quantitative estimate of drug-likeness (QED) is 0.165. The van der Waals surface area contributed by atoms with Gasteiger partial charge in [0.05, 0.1) is 17.7 Å². The molecular weight excluding hydrogens is 598 g/mol. The van der Waals surface area contributed by atoms with Crippen LogP contribution in [0, 0.1) is 16.7 Å². The first-order valence-corrected chi connectivity index (χ1v) is 17.1. The van der Waals surface area contributed by atoms with E-state index in [0.717, 1.165) is 99.8 Å². The second-order valence-corrected chi connectivity index (χ2v) is 13.6. The molecule has 46 heavy (non-hydrogen) atoms. The number of anilines is 1. The van der Waals surface area contributed by atoms with Crippen LogP contribution in [-0.4, -0.2) is 60.0 Å². The third-order valence-electron chi connectivity index (χ3n) is 8.22. The number of carbonyl (C=O) groups excluding carboxylic acids is 3. The van der Waals surface area contributed by atoms with Crippen LogP contribution in [0.4, 0.5) is 5.13 Å². The predicted molar refractivity (Wildman–Crippen MR) is 185 cm³/mol. The highest BCUT2D eigenvalue weighted by Gasteiger charge is 2.42. The molecule has 1 aliphatic rings. The maximum absolute atomic E-state index is 14.1. The van der Waals surface area contributed by atoms with Crippen LogP contribution in [0.15, 0.2) is 28.9 Å². The predicted octanol–water partition coefficient (Wildman–Crippen LogP) is 7.36. The highest BCUT2D eigenvalue weighted by molar-refractivity contribution is 7.17. The number of ether oxygens (including phenoxy) is 1. The van der Waals surface area contributed by atoms with Crippen molar-refractivity contribution in [3.8, 4) is 23.1 Å². The summed E-state index contributed by atoms with van der Waals surface area (Å²) in [6, 6.07) is 6.06. The number of nitrogens with zero attached hydrogens (tertiary/aromatic N) is 5. The van der Waals surface area contributed by atoms with Gasteiger partial charge in [-0.1, -0.05) is 72.6 Å². The standard InChI is InChI=1S/C36H49N5O4S/c1-11-15-17-40(18-16-12-2)35-38-31(30-24(13-3)19-26(45-10)20-25(30)14-4)29(46-35)21-27-23(5)28(22-37)33(43)41(32(27)42)39(9)34(44)36(6,7)8/h19-21H,11-18H2,1-10H3/b27-21-. The molecular formula is C36H49N5O4S. The lowest BCUT2D eigenvalue weighted by Gasteiger charge is -2.36. The van der Waals surface area contributed by atoms with E-state index in [0.29, 0.717) is 0 Å². The summed E-state index contributed by atoms with van der Waals surface area (Å²) < 4.78 is 5.62. The molecule has 3 rings (SSSR count). The lowest BCUT2D eigenvalue weighted by Crippen LogP contribution is -2.56. The molecule has 2 heterocycles. The summed E-state index contributed by atoms with van der Waals surface area (Å²) in [4.78, 5) is 49.1. The Morgan fingerprint density at radius 2 is 1.61 bits per heavy atom. The van der Waals surface area contributed by atoms with Gasteiger partial charge in [-0.05, 0) is 67.5 Å².